The molecular weight excluding hydrogens is 156 g/mol. The van der Waals surface area contributed by atoms with E-state index in [9.17, 15) is 4.79 Å². The first-order chi connectivity index (χ1) is 5.33. The number of hydrogen-bond donors (Lipinski definition) is 1. The number of carbonyl (C=O) groups is 1. The van der Waals surface area contributed by atoms with Gasteiger partial charge in [0.25, 0.3) is 0 Å². The molecule has 0 aliphatic carbocycles. The smallest absolute Gasteiger partial charge is 0.332 e. The Morgan fingerprint density at radius 1 is 1.50 bits per heavy atom. The van der Waals surface area contributed by atoms with Crippen molar-refractivity contribution in [3.63, 3.8) is 0 Å². The van der Waals surface area contributed by atoms with Crippen molar-refractivity contribution in [1.82, 2.24) is 0 Å². The lowest BCUT2D eigenvalue weighted by molar-refractivity contribution is -0.149. The minimum Gasteiger partial charge on any atom is -0.479 e. The largest absolute Gasteiger partial charge is 0.479 e. The van der Waals surface area contributed by atoms with Crippen LogP contribution in [0.4, 0.5) is 0 Å². The van der Waals surface area contributed by atoms with E-state index in [1.54, 1.807) is 6.92 Å². The Balaban J connectivity index is 3.51. The minimum absolute atomic E-state index is 0.207. The van der Waals surface area contributed by atoms with Crippen molar-refractivity contribution in [2.24, 2.45) is 5.41 Å². The number of ether oxygens (including phenoxy) is 1. The molecule has 0 radical (unpaired) electrons. The van der Waals surface area contributed by atoms with E-state index >= 15 is 0 Å². The standard InChI is InChI=1S/C9H18O3/c1-7(8(10)11)12-6-5-9(2,3)4/h7H,5-6H2,1-4H3,(H,10,11). The average molecular weight is 174 g/mol. The molecule has 0 saturated heterocycles. The maximum atomic E-state index is 10.3. The molecule has 1 N–H and O–H groups in total. The van der Waals surface area contributed by atoms with Gasteiger partial charge in [-0.15, -0.1) is 0 Å². The zero-order valence-corrected chi connectivity index (χ0v) is 8.26. The summed E-state index contributed by atoms with van der Waals surface area (Å²) in [5.74, 6) is -0.899. The molecule has 0 aromatic heterocycles. The highest BCUT2D eigenvalue weighted by molar-refractivity contribution is 5.71. The van der Waals surface area contributed by atoms with Gasteiger partial charge in [0.1, 0.15) is 0 Å². The molecule has 0 saturated carbocycles. The lowest BCUT2D eigenvalue weighted by Gasteiger charge is -2.18. The fraction of sp³-hybridized carbons (Fsp3) is 0.889. The third-order valence-corrected chi connectivity index (χ3v) is 1.57. The summed E-state index contributed by atoms with van der Waals surface area (Å²) in [5.41, 5.74) is 0.207. The fourth-order valence-electron chi connectivity index (χ4n) is 0.613. The second-order valence-corrected chi connectivity index (χ2v) is 4.16. The first-order valence-electron chi connectivity index (χ1n) is 4.17. The molecule has 1 unspecified atom stereocenters. The van der Waals surface area contributed by atoms with Crippen molar-refractivity contribution < 1.29 is 14.6 Å². The highest BCUT2D eigenvalue weighted by Crippen LogP contribution is 2.18. The van der Waals surface area contributed by atoms with Crippen LogP contribution in [0.2, 0.25) is 0 Å². The zero-order valence-electron chi connectivity index (χ0n) is 8.26. The van der Waals surface area contributed by atoms with Crippen LogP contribution in [-0.2, 0) is 9.53 Å². The lowest BCUT2D eigenvalue weighted by Crippen LogP contribution is -2.22. The summed E-state index contributed by atoms with van der Waals surface area (Å²) in [7, 11) is 0. The maximum Gasteiger partial charge on any atom is 0.332 e. The van der Waals surface area contributed by atoms with E-state index in [1.165, 1.54) is 0 Å². The Morgan fingerprint density at radius 2 is 2.00 bits per heavy atom. The van der Waals surface area contributed by atoms with E-state index in [4.69, 9.17) is 9.84 Å². The Labute approximate surface area is 73.7 Å². The lowest BCUT2D eigenvalue weighted by atomic mass is 9.93. The van der Waals surface area contributed by atoms with Crippen molar-refractivity contribution in [3.05, 3.63) is 0 Å². The van der Waals surface area contributed by atoms with Gasteiger partial charge in [-0.2, -0.15) is 0 Å². The third-order valence-electron chi connectivity index (χ3n) is 1.57. The van der Waals surface area contributed by atoms with E-state index in [2.05, 4.69) is 20.8 Å². The van der Waals surface area contributed by atoms with Crippen LogP contribution in [0.15, 0.2) is 0 Å². The van der Waals surface area contributed by atoms with Gasteiger partial charge in [-0.1, -0.05) is 20.8 Å². The zero-order chi connectivity index (χ0) is 9.78. The number of aliphatic carboxylic acids is 1. The van der Waals surface area contributed by atoms with Crippen molar-refractivity contribution in [2.75, 3.05) is 6.61 Å². The maximum absolute atomic E-state index is 10.3. The quantitative estimate of drug-likeness (QED) is 0.708. The molecule has 0 rings (SSSR count). The van der Waals surface area contributed by atoms with Crippen LogP contribution in [0, 0.1) is 5.41 Å². The normalized spacial score (nSPS) is 14.3. The summed E-state index contributed by atoms with van der Waals surface area (Å²) in [6, 6.07) is 0. The first kappa shape index (κ1) is 11.4. The molecule has 0 fully saturated rings. The summed E-state index contributed by atoms with van der Waals surface area (Å²) < 4.78 is 5.08. The molecule has 0 spiro atoms. The van der Waals surface area contributed by atoms with Crippen LogP contribution in [0.5, 0.6) is 0 Å². The molecule has 0 aromatic carbocycles. The average Bonchev–Trinajstić information content (AvgIpc) is 1.84. The van der Waals surface area contributed by atoms with Crippen molar-refractivity contribution in [3.8, 4) is 0 Å². The molecule has 1 atom stereocenters. The van der Waals surface area contributed by atoms with Gasteiger partial charge in [0.15, 0.2) is 6.10 Å². The number of hydrogen-bond acceptors (Lipinski definition) is 2. The Hall–Kier alpha value is -0.570. The SMILES string of the molecule is CC(OCCC(C)(C)C)C(=O)O. The fourth-order valence-corrected chi connectivity index (χ4v) is 0.613. The van der Waals surface area contributed by atoms with E-state index in [0.717, 1.165) is 6.42 Å². The molecular formula is C9H18O3. The summed E-state index contributed by atoms with van der Waals surface area (Å²) >= 11 is 0. The summed E-state index contributed by atoms with van der Waals surface area (Å²) in [5, 5.41) is 8.49. The van der Waals surface area contributed by atoms with Crippen LogP contribution >= 0.6 is 0 Å². The van der Waals surface area contributed by atoms with Crippen LogP contribution in [0.25, 0.3) is 0 Å². The molecule has 3 nitrogen and oxygen atoms in total. The first-order valence-corrected chi connectivity index (χ1v) is 4.17. The van der Waals surface area contributed by atoms with Crippen LogP contribution in [-0.4, -0.2) is 23.8 Å². The van der Waals surface area contributed by atoms with Crippen LogP contribution < -0.4 is 0 Å². The molecule has 0 aliphatic heterocycles. The predicted octanol–water partition coefficient (Wildman–Crippen LogP) is 1.91. The van der Waals surface area contributed by atoms with E-state index < -0.39 is 12.1 Å². The molecule has 72 valence electrons. The molecule has 0 aliphatic rings. The molecule has 0 aromatic rings. The number of rotatable bonds is 4. The van der Waals surface area contributed by atoms with Gasteiger partial charge in [-0.25, -0.2) is 4.79 Å². The van der Waals surface area contributed by atoms with Crippen LogP contribution in [0.1, 0.15) is 34.1 Å². The van der Waals surface area contributed by atoms with Gasteiger partial charge in [-0.3, -0.25) is 0 Å². The van der Waals surface area contributed by atoms with Gasteiger partial charge in [0, 0.05) is 6.61 Å². The van der Waals surface area contributed by atoms with Crippen molar-refractivity contribution in [2.45, 2.75) is 40.2 Å². The van der Waals surface area contributed by atoms with Gasteiger partial charge in [0.05, 0.1) is 0 Å². The monoisotopic (exact) mass is 174 g/mol. The van der Waals surface area contributed by atoms with Crippen LogP contribution in [0.3, 0.4) is 0 Å². The van der Waals surface area contributed by atoms with Crippen molar-refractivity contribution in [1.29, 1.82) is 0 Å². The summed E-state index contributed by atoms with van der Waals surface area (Å²) in [4.78, 5) is 10.3. The Bertz CT molecular complexity index is 146. The molecule has 0 bridgehead atoms. The van der Waals surface area contributed by atoms with E-state index in [1.807, 2.05) is 0 Å². The second-order valence-electron chi connectivity index (χ2n) is 4.16. The van der Waals surface area contributed by atoms with Gasteiger partial charge in [0.2, 0.25) is 0 Å². The van der Waals surface area contributed by atoms with Gasteiger partial charge in [-0.05, 0) is 18.8 Å². The topological polar surface area (TPSA) is 46.5 Å². The number of carboxylic acid groups (broad SMARTS) is 1. The predicted molar refractivity (Wildman–Crippen MR) is 47.1 cm³/mol. The molecule has 0 heterocycles. The van der Waals surface area contributed by atoms with Gasteiger partial charge < -0.3 is 9.84 Å². The highest BCUT2D eigenvalue weighted by atomic mass is 16.5. The third kappa shape index (κ3) is 6.16. The van der Waals surface area contributed by atoms with Crippen molar-refractivity contribution >= 4 is 5.97 Å². The Morgan fingerprint density at radius 3 is 2.33 bits per heavy atom. The molecule has 3 heteroatoms. The van der Waals surface area contributed by atoms with E-state index in [0.29, 0.717) is 6.61 Å². The summed E-state index contributed by atoms with van der Waals surface area (Å²) in [6.07, 6.45) is 0.192. The van der Waals surface area contributed by atoms with E-state index in [-0.39, 0.29) is 5.41 Å². The molecule has 0 amide bonds. The summed E-state index contributed by atoms with van der Waals surface area (Å²) in [6.45, 7) is 8.35. The van der Waals surface area contributed by atoms with Gasteiger partial charge >= 0.3 is 5.97 Å². The molecule has 12 heavy (non-hydrogen) atoms. The Kier molecular flexibility index (Phi) is 4.24. The minimum atomic E-state index is -0.899. The second kappa shape index (κ2) is 4.45. The number of carboxylic acids is 1. The highest BCUT2D eigenvalue weighted by Gasteiger charge is 2.14.